The Balaban J connectivity index is 1.87. The van der Waals surface area contributed by atoms with E-state index in [1.165, 1.54) is 23.6 Å². The van der Waals surface area contributed by atoms with Gasteiger partial charge in [-0.1, -0.05) is 23.4 Å². The maximum Gasteiger partial charge on any atom is 0.305 e. The predicted molar refractivity (Wildman–Crippen MR) is 78.0 cm³/mol. The minimum Gasteiger partial charge on any atom is -0.423 e. The molecule has 2 aromatic rings. The van der Waals surface area contributed by atoms with E-state index in [2.05, 4.69) is 4.98 Å². The van der Waals surface area contributed by atoms with Crippen molar-refractivity contribution >= 4 is 51.5 Å². The van der Waals surface area contributed by atoms with Crippen LogP contribution in [0.15, 0.2) is 22.6 Å². The van der Waals surface area contributed by atoms with Crippen molar-refractivity contribution in [2.75, 3.05) is 11.4 Å². The van der Waals surface area contributed by atoms with Gasteiger partial charge in [0.15, 0.2) is 10.7 Å². The molecule has 5 nitrogen and oxygen atoms in total. The highest BCUT2D eigenvalue weighted by Gasteiger charge is 2.34. The van der Waals surface area contributed by atoms with Crippen molar-refractivity contribution in [1.82, 2.24) is 4.98 Å². The first-order valence-corrected chi connectivity index (χ1v) is 7.32. The maximum atomic E-state index is 12.0. The average Bonchev–Trinajstić information content (AvgIpc) is 2.91. The van der Waals surface area contributed by atoms with E-state index < -0.39 is 0 Å². The van der Waals surface area contributed by atoms with Gasteiger partial charge in [-0.25, -0.2) is 0 Å². The fourth-order valence-corrected chi connectivity index (χ4v) is 3.26. The zero-order chi connectivity index (χ0) is 14.3. The van der Waals surface area contributed by atoms with Crippen molar-refractivity contribution in [3.63, 3.8) is 0 Å². The highest BCUT2D eigenvalue weighted by Crippen LogP contribution is 2.30. The molecule has 1 amide bonds. The van der Waals surface area contributed by atoms with Crippen molar-refractivity contribution < 1.29 is 14.0 Å². The first-order chi connectivity index (χ1) is 9.52. The minimum atomic E-state index is -0.0820. The first kappa shape index (κ1) is 13.5. The summed E-state index contributed by atoms with van der Waals surface area (Å²) in [6, 6.07) is 5.38. The van der Waals surface area contributed by atoms with Crippen molar-refractivity contribution in [3.05, 3.63) is 23.2 Å². The fourth-order valence-electron chi connectivity index (χ4n) is 2.18. The van der Waals surface area contributed by atoms with Crippen molar-refractivity contribution in [1.29, 1.82) is 0 Å². The van der Waals surface area contributed by atoms with Crippen LogP contribution in [0.5, 0.6) is 0 Å². The van der Waals surface area contributed by atoms with Crippen LogP contribution in [0.2, 0.25) is 5.02 Å². The number of hydrogen-bond donors (Lipinski definition) is 0. The van der Waals surface area contributed by atoms with Crippen LogP contribution in [0.4, 0.5) is 6.01 Å². The molecule has 1 saturated heterocycles. The van der Waals surface area contributed by atoms with Crippen LogP contribution in [0.3, 0.4) is 0 Å². The average molecular weight is 311 g/mol. The molecule has 1 unspecified atom stereocenters. The van der Waals surface area contributed by atoms with Gasteiger partial charge in [0.1, 0.15) is 5.52 Å². The van der Waals surface area contributed by atoms with Crippen LogP contribution in [0.25, 0.3) is 11.1 Å². The number of anilines is 1. The van der Waals surface area contributed by atoms with Gasteiger partial charge in [0.2, 0.25) is 5.91 Å². The lowest BCUT2D eigenvalue weighted by Crippen LogP contribution is -2.25. The Morgan fingerprint density at radius 1 is 1.55 bits per heavy atom. The molecule has 104 valence electrons. The lowest BCUT2D eigenvalue weighted by Gasteiger charge is -2.10. The largest absolute Gasteiger partial charge is 0.423 e. The van der Waals surface area contributed by atoms with E-state index >= 15 is 0 Å². The van der Waals surface area contributed by atoms with E-state index in [0.717, 1.165) is 0 Å². The van der Waals surface area contributed by atoms with Gasteiger partial charge >= 0.3 is 6.01 Å². The van der Waals surface area contributed by atoms with Gasteiger partial charge in [-0.15, -0.1) is 0 Å². The second-order valence-corrected chi connectivity index (χ2v) is 6.46. The van der Waals surface area contributed by atoms with Crippen molar-refractivity contribution in [2.24, 2.45) is 0 Å². The second-order valence-electron chi connectivity index (χ2n) is 4.55. The minimum absolute atomic E-state index is 0.00833. The second kappa shape index (κ2) is 5.10. The lowest BCUT2D eigenvalue weighted by atomic mass is 10.3. The van der Waals surface area contributed by atoms with Gasteiger partial charge in [-0.05, 0) is 18.2 Å². The molecule has 0 radical (unpaired) electrons. The van der Waals surface area contributed by atoms with E-state index in [4.69, 9.17) is 16.0 Å². The van der Waals surface area contributed by atoms with E-state index in [1.807, 2.05) is 0 Å². The summed E-state index contributed by atoms with van der Waals surface area (Å²) in [6.07, 6.45) is 0.323. The van der Waals surface area contributed by atoms with Gasteiger partial charge in [0, 0.05) is 30.2 Å². The van der Waals surface area contributed by atoms with Crippen LogP contribution in [0.1, 0.15) is 13.3 Å². The van der Waals surface area contributed by atoms with Crippen LogP contribution < -0.4 is 4.90 Å². The molecule has 1 aromatic heterocycles. The summed E-state index contributed by atoms with van der Waals surface area (Å²) in [6.45, 7) is 1.93. The Bertz CT molecular complexity index is 700. The number of benzene rings is 1. The molecule has 20 heavy (non-hydrogen) atoms. The molecule has 1 atom stereocenters. The lowest BCUT2D eigenvalue weighted by molar-refractivity contribution is -0.117. The number of rotatable bonds is 2. The highest BCUT2D eigenvalue weighted by atomic mass is 35.5. The third-order valence-electron chi connectivity index (χ3n) is 2.99. The van der Waals surface area contributed by atoms with Crippen LogP contribution in [0, 0.1) is 0 Å². The van der Waals surface area contributed by atoms with Crippen LogP contribution in [-0.2, 0) is 9.59 Å². The Morgan fingerprint density at radius 3 is 3.10 bits per heavy atom. The summed E-state index contributed by atoms with van der Waals surface area (Å²) in [5.74, 6) is -0.0820. The first-order valence-electron chi connectivity index (χ1n) is 6.06. The van der Waals surface area contributed by atoms with Gasteiger partial charge in [-0.3, -0.25) is 14.5 Å². The van der Waals surface area contributed by atoms with Gasteiger partial charge in [0.25, 0.3) is 0 Å². The number of oxazole rings is 1. The zero-order valence-electron chi connectivity index (χ0n) is 10.6. The zero-order valence-corrected chi connectivity index (χ0v) is 12.2. The molecule has 1 aliphatic heterocycles. The Labute approximate surface area is 124 Å². The molecule has 2 heterocycles. The number of amides is 1. The molecule has 1 aromatic carbocycles. The third kappa shape index (κ3) is 2.53. The third-order valence-corrected chi connectivity index (χ3v) is 4.21. The number of fused-ring (bicyclic) bond motifs is 1. The Hall–Kier alpha value is -1.53. The standard InChI is InChI=1S/C13H11ClN2O3S/c1-7(17)20-9-5-12(18)16(6-9)13-15-10-4-8(14)2-3-11(10)19-13/h2-4,9H,5-6H2,1H3. The van der Waals surface area contributed by atoms with Crippen LogP contribution >= 0.6 is 23.4 Å². The Kier molecular flexibility index (Phi) is 3.43. The molecule has 0 saturated carbocycles. The summed E-state index contributed by atoms with van der Waals surface area (Å²) in [5, 5.41) is 0.530. The Morgan fingerprint density at radius 2 is 2.35 bits per heavy atom. The van der Waals surface area contributed by atoms with Crippen molar-refractivity contribution in [2.45, 2.75) is 18.6 Å². The molecule has 0 aliphatic carbocycles. The van der Waals surface area contributed by atoms with Crippen molar-refractivity contribution in [3.8, 4) is 0 Å². The fraction of sp³-hybridized carbons (Fsp3) is 0.308. The number of aromatic nitrogens is 1. The summed E-state index contributed by atoms with van der Waals surface area (Å²) in [4.78, 5) is 28.9. The number of hydrogen-bond acceptors (Lipinski definition) is 5. The topological polar surface area (TPSA) is 63.4 Å². The molecule has 7 heteroatoms. The molecule has 0 bridgehead atoms. The quantitative estimate of drug-likeness (QED) is 0.853. The molecular formula is C13H11ClN2O3S. The summed E-state index contributed by atoms with van der Waals surface area (Å²) >= 11 is 7.08. The highest BCUT2D eigenvalue weighted by molar-refractivity contribution is 8.14. The number of carbonyl (C=O) groups is 2. The van der Waals surface area contributed by atoms with Gasteiger partial charge in [-0.2, -0.15) is 4.98 Å². The maximum absolute atomic E-state index is 12.0. The molecule has 3 rings (SSSR count). The normalized spacial score (nSPS) is 19.0. The molecule has 0 N–H and O–H groups in total. The molecular weight excluding hydrogens is 300 g/mol. The summed E-state index contributed by atoms with van der Waals surface area (Å²) in [5.41, 5.74) is 1.20. The van der Waals surface area contributed by atoms with Crippen LogP contribution in [-0.4, -0.2) is 27.8 Å². The SMILES string of the molecule is CC(=O)SC1CC(=O)N(c2nc3cc(Cl)ccc3o2)C1. The molecule has 1 fully saturated rings. The van der Waals surface area contributed by atoms with E-state index in [9.17, 15) is 9.59 Å². The van der Waals surface area contributed by atoms with Gasteiger partial charge < -0.3 is 4.42 Å². The van der Waals surface area contributed by atoms with E-state index in [0.29, 0.717) is 29.1 Å². The molecule has 0 spiro atoms. The summed E-state index contributed by atoms with van der Waals surface area (Å²) in [7, 11) is 0. The number of thioether (sulfide) groups is 1. The van der Waals surface area contributed by atoms with Gasteiger partial charge in [0.05, 0.1) is 0 Å². The number of halogens is 1. The number of nitrogens with zero attached hydrogens (tertiary/aromatic N) is 2. The predicted octanol–water partition coefficient (Wildman–Crippen LogP) is 2.87. The molecule has 1 aliphatic rings. The number of carbonyl (C=O) groups excluding carboxylic acids is 2. The summed E-state index contributed by atoms with van der Waals surface area (Å²) < 4.78 is 5.57. The smallest absolute Gasteiger partial charge is 0.305 e. The monoisotopic (exact) mass is 310 g/mol. The van der Waals surface area contributed by atoms with E-state index in [-0.39, 0.29) is 22.3 Å². The van der Waals surface area contributed by atoms with E-state index in [1.54, 1.807) is 18.2 Å².